The summed E-state index contributed by atoms with van der Waals surface area (Å²) in [6.07, 6.45) is 20.8. The number of methoxy groups -OCH3 is 2. The zero-order valence-electron chi connectivity index (χ0n) is 22.0. The van der Waals surface area contributed by atoms with E-state index in [2.05, 4.69) is 11.7 Å². The number of carbonyl (C=O) groups excluding carboxylic acids is 2. The van der Waals surface area contributed by atoms with Crippen LogP contribution in [0.3, 0.4) is 0 Å². The maximum absolute atomic E-state index is 12.2. The van der Waals surface area contributed by atoms with Gasteiger partial charge in [0.05, 0.1) is 13.5 Å². The lowest BCUT2D eigenvalue weighted by Crippen LogP contribution is -2.30. The molecule has 0 aromatic rings. The summed E-state index contributed by atoms with van der Waals surface area (Å²) in [5, 5.41) is 0. The number of ether oxygens (including phenoxy) is 2. The molecule has 0 heterocycles. The second-order valence-corrected chi connectivity index (χ2v) is 9.27. The van der Waals surface area contributed by atoms with Crippen molar-refractivity contribution in [3.63, 3.8) is 0 Å². The van der Waals surface area contributed by atoms with Gasteiger partial charge in [-0.05, 0) is 32.4 Å². The fraction of sp³-hybridized carbons (Fsp3) is 0.852. The predicted octanol–water partition coefficient (Wildman–Crippen LogP) is 7.25. The third-order valence-electron chi connectivity index (χ3n) is 5.73. The van der Waals surface area contributed by atoms with E-state index in [4.69, 9.17) is 14.5 Å². The van der Waals surface area contributed by atoms with Gasteiger partial charge in [-0.2, -0.15) is 0 Å². The maximum Gasteiger partial charge on any atom is 0.308 e. The third kappa shape index (κ3) is 21.1. The Kier molecular flexibility index (Phi) is 20.5. The van der Waals surface area contributed by atoms with E-state index in [-0.39, 0.29) is 12.2 Å². The van der Waals surface area contributed by atoms with Gasteiger partial charge in [0, 0.05) is 13.5 Å². The minimum absolute atomic E-state index is 0.0263. The summed E-state index contributed by atoms with van der Waals surface area (Å²) in [5.74, 6) is -1.37. The highest BCUT2D eigenvalue weighted by Crippen LogP contribution is 2.15. The first-order valence-electron chi connectivity index (χ1n) is 13.0. The first-order chi connectivity index (χ1) is 15.8. The fourth-order valence-electron chi connectivity index (χ4n) is 3.39. The number of ketones is 1. The molecule has 6 heteroatoms. The van der Waals surface area contributed by atoms with Crippen molar-refractivity contribution in [2.75, 3.05) is 14.2 Å². The first kappa shape index (κ1) is 31.8. The quantitative estimate of drug-likeness (QED) is 0.0391. The van der Waals surface area contributed by atoms with Gasteiger partial charge in [0.2, 0.25) is 0 Å². The smallest absolute Gasteiger partial charge is 0.308 e. The molecule has 0 saturated carbocycles. The van der Waals surface area contributed by atoms with Crippen LogP contribution in [0.1, 0.15) is 124 Å². The Labute approximate surface area is 202 Å². The van der Waals surface area contributed by atoms with Crippen LogP contribution in [0.15, 0.2) is 12.2 Å². The van der Waals surface area contributed by atoms with Crippen LogP contribution in [0.2, 0.25) is 0 Å². The standard InChI is InChI=1S/C27H50O6/c1-6-7-8-9-10-11-12-13-14-15-16-17-18-19-20-24(28)21-22-25(23-26(29)30-4)32-33-27(2,3)31-5/h21-22,25H,6-20,23H2,1-5H3/b22-21+/t25-/m0/s1. The lowest BCUT2D eigenvalue weighted by atomic mass is 10.0. The van der Waals surface area contributed by atoms with Gasteiger partial charge in [0.25, 0.3) is 0 Å². The molecular formula is C27H50O6. The van der Waals surface area contributed by atoms with Gasteiger partial charge in [0.1, 0.15) is 6.10 Å². The van der Waals surface area contributed by atoms with E-state index >= 15 is 0 Å². The Hall–Kier alpha value is -1.24. The van der Waals surface area contributed by atoms with Crippen LogP contribution in [-0.4, -0.2) is 37.9 Å². The highest BCUT2D eigenvalue weighted by atomic mass is 17.2. The monoisotopic (exact) mass is 470 g/mol. The van der Waals surface area contributed by atoms with Crippen molar-refractivity contribution in [2.24, 2.45) is 0 Å². The highest BCUT2D eigenvalue weighted by molar-refractivity contribution is 5.89. The zero-order chi connectivity index (χ0) is 24.8. The van der Waals surface area contributed by atoms with Crippen LogP contribution < -0.4 is 0 Å². The van der Waals surface area contributed by atoms with Crippen LogP contribution >= 0.6 is 0 Å². The van der Waals surface area contributed by atoms with Crippen molar-refractivity contribution in [3.8, 4) is 0 Å². The van der Waals surface area contributed by atoms with Crippen molar-refractivity contribution in [3.05, 3.63) is 12.2 Å². The molecule has 0 fully saturated rings. The van der Waals surface area contributed by atoms with Crippen LogP contribution in [0.25, 0.3) is 0 Å². The molecule has 0 N–H and O–H groups in total. The van der Waals surface area contributed by atoms with E-state index < -0.39 is 17.9 Å². The summed E-state index contributed by atoms with van der Waals surface area (Å²) in [6, 6.07) is 0. The minimum Gasteiger partial charge on any atom is -0.469 e. The third-order valence-corrected chi connectivity index (χ3v) is 5.73. The SMILES string of the molecule is CCCCCCCCCCCCCCCCC(=O)/C=C/[C@@H](CC(=O)OC)OOC(C)(C)OC. The van der Waals surface area contributed by atoms with Gasteiger partial charge < -0.3 is 9.47 Å². The van der Waals surface area contributed by atoms with Gasteiger partial charge in [-0.25, -0.2) is 9.78 Å². The van der Waals surface area contributed by atoms with E-state index in [0.29, 0.717) is 6.42 Å². The summed E-state index contributed by atoms with van der Waals surface area (Å²) in [4.78, 5) is 34.2. The number of rotatable bonds is 23. The van der Waals surface area contributed by atoms with E-state index in [1.807, 2.05) is 0 Å². The summed E-state index contributed by atoms with van der Waals surface area (Å²) in [6.45, 7) is 5.64. The van der Waals surface area contributed by atoms with Crippen LogP contribution in [0.5, 0.6) is 0 Å². The lowest BCUT2D eigenvalue weighted by Gasteiger charge is -2.23. The molecule has 0 aliphatic carbocycles. The van der Waals surface area contributed by atoms with Gasteiger partial charge >= 0.3 is 5.97 Å². The molecule has 0 aliphatic rings. The summed E-state index contributed by atoms with van der Waals surface area (Å²) in [5.41, 5.74) is 0. The molecule has 0 amide bonds. The largest absolute Gasteiger partial charge is 0.469 e. The first-order valence-corrected chi connectivity index (χ1v) is 13.0. The molecule has 0 rings (SSSR count). The lowest BCUT2D eigenvalue weighted by molar-refractivity contribution is -0.424. The molecular weight excluding hydrogens is 420 g/mol. The van der Waals surface area contributed by atoms with Crippen molar-refractivity contribution in [1.82, 2.24) is 0 Å². The molecule has 6 nitrogen and oxygen atoms in total. The molecule has 0 spiro atoms. The van der Waals surface area contributed by atoms with Crippen LogP contribution in [0.4, 0.5) is 0 Å². The van der Waals surface area contributed by atoms with Crippen LogP contribution in [-0.2, 0) is 28.8 Å². The van der Waals surface area contributed by atoms with Gasteiger partial charge in [0.15, 0.2) is 11.6 Å². The second-order valence-electron chi connectivity index (χ2n) is 9.27. The molecule has 0 aliphatic heterocycles. The summed E-state index contributed by atoms with van der Waals surface area (Å²) < 4.78 is 9.80. The Morgan fingerprint density at radius 2 is 1.27 bits per heavy atom. The maximum atomic E-state index is 12.2. The summed E-state index contributed by atoms with van der Waals surface area (Å²) in [7, 11) is 2.80. The number of allylic oxidation sites excluding steroid dienone is 1. The normalized spacial score (nSPS) is 12.9. The molecule has 0 saturated heterocycles. The summed E-state index contributed by atoms with van der Waals surface area (Å²) >= 11 is 0. The molecule has 194 valence electrons. The topological polar surface area (TPSA) is 71.1 Å². The van der Waals surface area contributed by atoms with Crippen molar-refractivity contribution in [1.29, 1.82) is 0 Å². The van der Waals surface area contributed by atoms with Gasteiger partial charge in [-0.1, -0.05) is 90.4 Å². The molecule has 0 radical (unpaired) electrons. The number of hydrogen-bond donors (Lipinski definition) is 0. The van der Waals surface area contributed by atoms with E-state index in [9.17, 15) is 9.59 Å². The molecule has 0 aromatic heterocycles. The molecule has 1 atom stereocenters. The van der Waals surface area contributed by atoms with Crippen molar-refractivity contribution in [2.45, 2.75) is 135 Å². The van der Waals surface area contributed by atoms with E-state index in [0.717, 1.165) is 12.8 Å². The molecule has 33 heavy (non-hydrogen) atoms. The zero-order valence-corrected chi connectivity index (χ0v) is 22.0. The Bertz CT molecular complexity index is 515. The molecule has 0 aromatic carbocycles. The van der Waals surface area contributed by atoms with Crippen molar-refractivity contribution < 1.29 is 28.8 Å². The van der Waals surface area contributed by atoms with Crippen molar-refractivity contribution >= 4 is 11.8 Å². The number of unbranched alkanes of at least 4 members (excludes halogenated alkanes) is 13. The number of carbonyl (C=O) groups is 2. The highest BCUT2D eigenvalue weighted by Gasteiger charge is 2.22. The van der Waals surface area contributed by atoms with Crippen LogP contribution in [0, 0.1) is 0 Å². The number of hydrogen-bond acceptors (Lipinski definition) is 6. The molecule has 0 unspecified atom stereocenters. The van der Waals surface area contributed by atoms with E-state index in [1.165, 1.54) is 97.3 Å². The van der Waals surface area contributed by atoms with Gasteiger partial charge in [-0.15, -0.1) is 0 Å². The number of esters is 1. The minimum atomic E-state index is -0.958. The fourth-order valence-corrected chi connectivity index (χ4v) is 3.39. The molecule has 0 bridgehead atoms. The predicted molar refractivity (Wildman–Crippen MR) is 133 cm³/mol. The Morgan fingerprint density at radius 1 is 0.788 bits per heavy atom. The Morgan fingerprint density at radius 3 is 1.73 bits per heavy atom. The average Bonchev–Trinajstić information content (AvgIpc) is 2.80. The Balaban J connectivity index is 3.87. The average molecular weight is 471 g/mol. The van der Waals surface area contributed by atoms with Gasteiger partial charge in [-0.3, -0.25) is 9.59 Å². The van der Waals surface area contributed by atoms with E-state index in [1.54, 1.807) is 19.9 Å². The second kappa shape index (κ2) is 21.3.